The number of halogens is 2. The molecule has 3 unspecified atom stereocenters. The first-order valence-corrected chi connectivity index (χ1v) is 13.2. The van der Waals surface area contributed by atoms with Gasteiger partial charge in [0.1, 0.15) is 5.66 Å². The van der Waals surface area contributed by atoms with Gasteiger partial charge >= 0.3 is 0 Å². The molecule has 1 heterocycles. The van der Waals surface area contributed by atoms with Crippen LogP contribution < -0.4 is 27.0 Å². The molecule has 0 amide bonds. The third-order valence-corrected chi connectivity index (χ3v) is 7.61. The maximum absolute atomic E-state index is 6.55. The average molecular weight is 497 g/mol. The number of hydrogen-bond acceptors (Lipinski definition) is 5. The molecule has 6 atom stereocenters. The number of hydrogen-bond donors (Lipinski definition) is 5. The Labute approximate surface area is 210 Å². The van der Waals surface area contributed by atoms with E-state index in [4.69, 9.17) is 28.9 Å². The summed E-state index contributed by atoms with van der Waals surface area (Å²) in [5, 5.41) is 16.4. The van der Waals surface area contributed by atoms with Gasteiger partial charge in [-0.05, 0) is 69.3 Å². The standard InChI is InChI=1S/C26H43Cl2N5/c1-25(2,3)16-23-26(30-4,33-21-11-9-19(27)10-12-21)24(18-7-5-8-20(28)15-18)22(32-23)17-31-14-6-13-29/h5,7-9,11-12,18-19,22-24,30-33H,6,10,13-17,29H2,1-4H3/t18?,19?,22-,23-,24-,26?/m0/s1. The summed E-state index contributed by atoms with van der Waals surface area (Å²) >= 11 is 12.9. The molecule has 6 N–H and O–H groups in total. The summed E-state index contributed by atoms with van der Waals surface area (Å²) in [4.78, 5) is 0. The van der Waals surface area contributed by atoms with Crippen molar-refractivity contribution in [1.82, 2.24) is 21.3 Å². The van der Waals surface area contributed by atoms with Gasteiger partial charge in [-0.2, -0.15) is 0 Å². The van der Waals surface area contributed by atoms with Crippen LogP contribution in [-0.2, 0) is 0 Å². The van der Waals surface area contributed by atoms with E-state index in [2.05, 4.69) is 79.5 Å². The van der Waals surface area contributed by atoms with E-state index in [0.29, 0.717) is 12.5 Å². The van der Waals surface area contributed by atoms with Crippen molar-refractivity contribution in [3.8, 4) is 0 Å². The van der Waals surface area contributed by atoms with Crippen molar-refractivity contribution in [3.63, 3.8) is 0 Å². The van der Waals surface area contributed by atoms with E-state index < -0.39 is 0 Å². The van der Waals surface area contributed by atoms with Gasteiger partial charge in [0.15, 0.2) is 0 Å². The molecule has 33 heavy (non-hydrogen) atoms. The van der Waals surface area contributed by atoms with Crippen molar-refractivity contribution in [1.29, 1.82) is 0 Å². The van der Waals surface area contributed by atoms with Gasteiger partial charge in [-0.25, -0.2) is 0 Å². The van der Waals surface area contributed by atoms with Gasteiger partial charge in [-0.15, -0.1) is 11.6 Å². The number of nitrogens with two attached hydrogens (primary N) is 1. The normalized spacial score (nSPS) is 34.3. The van der Waals surface area contributed by atoms with Crippen LogP contribution in [-0.4, -0.2) is 49.8 Å². The minimum Gasteiger partial charge on any atom is -0.366 e. The molecule has 1 fully saturated rings. The van der Waals surface area contributed by atoms with Gasteiger partial charge in [0, 0.05) is 35.3 Å². The molecule has 3 rings (SSSR count). The van der Waals surface area contributed by atoms with Crippen molar-refractivity contribution in [3.05, 3.63) is 47.2 Å². The molecule has 3 aliphatic rings. The predicted molar refractivity (Wildman–Crippen MR) is 142 cm³/mol. The van der Waals surface area contributed by atoms with Gasteiger partial charge in [0.05, 0.1) is 5.38 Å². The van der Waals surface area contributed by atoms with Gasteiger partial charge in [0.25, 0.3) is 0 Å². The number of alkyl halides is 1. The van der Waals surface area contributed by atoms with Crippen LogP contribution in [0, 0.1) is 17.3 Å². The van der Waals surface area contributed by atoms with E-state index in [1.165, 1.54) is 0 Å². The molecular formula is C26H43Cl2N5. The van der Waals surface area contributed by atoms with Crippen molar-refractivity contribution >= 4 is 23.2 Å². The van der Waals surface area contributed by atoms with E-state index in [-0.39, 0.29) is 34.5 Å². The number of nitrogens with one attached hydrogen (secondary N) is 4. The molecule has 0 spiro atoms. The van der Waals surface area contributed by atoms with Crippen molar-refractivity contribution in [2.24, 2.45) is 23.0 Å². The van der Waals surface area contributed by atoms with Crippen molar-refractivity contribution in [2.45, 2.75) is 69.6 Å². The first kappa shape index (κ1) is 26.8. The molecule has 1 saturated heterocycles. The number of rotatable bonds is 10. The quantitative estimate of drug-likeness (QED) is 0.180. The smallest absolute Gasteiger partial charge is 0.109 e. The summed E-state index contributed by atoms with van der Waals surface area (Å²) < 4.78 is 0. The topological polar surface area (TPSA) is 74.1 Å². The van der Waals surface area contributed by atoms with Crippen molar-refractivity contribution in [2.75, 3.05) is 26.7 Å². The van der Waals surface area contributed by atoms with Crippen LogP contribution in [0.5, 0.6) is 0 Å². The highest BCUT2D eigenvalue weighted by Crippen LogP contribution is 2.44. The zero-order valence-corrected chi connectivity index (χ0v) is 22.1. The Morgan fingerprint density at radius 2 is 2.06 bits per heavy atom. The molecular weight excluding hydrogens is 453 g/mol. The van der Waals surface area contributed by atoms with Gasteiger partial charge < -0.3 is 21.7 Å². The lowest BCUT2D eigenvalue weighted by Crippen LogP contribution is -2.67. The Balaban J connectivity index is 1.97. The fourth-order valence-corrected chi connectivity index (χ4v) is 6.01. The zero-order chi connectivity index (χ0) is 24.1. The molecule has 0 aromatic heterocycles. The zero-order valence-electron chi connectivity index (χ0n) is 20.6. The van der Waals surface area contributed by atoms with Crippen LogP contribution in [0.3, 0.4) is 0 Å². The summed E-state index contributed by atoms with van der Waals surface area (Å²) in [6, 6.07) is 0.510. The Bertz CT molecular complexity index is 769. The SMILES string of the molecule is CNC1(NC2=CCC(Cl)C=C2)[C@H](CC(C)(C)C)N[C@@H](CNCCCN)[C@@H]1C1C=CC=C(Cl)C1. The number of allylic oxidation sites excluding steroid dienone is 7. The van der Waals surface area contributed by atoms with Crippen LogP contribution in [0.25, 0.3) is 0 Å². The highest BCUT2D eigenvalue weighted by atomic mass is 35.5. The summed E-state index contributed by atoms with van der Waals surface area (Å²) in [6.07, 6.45) is 16.6. The number of likely N-dealkylation sites (N-methyl/N-ethyl adjacent to an activating group) is 1. The average Bonchev–Trinajstić information content (AvgIpc) is 3.04. The summed E-state index contributed by atoms with van der Waals surface area (Å²) in [7, 11) is 2.09. The lowest BCUT2D eigenvalue weighted by molar-refractivity contribution is 0.132. The van der Waals surface area contributed by atoms with Gasteiger partial charge in [-0.3, -0.25) is 5.32 Å². The van der Waals surface area contributed by atoms with E-state index in [9.17, 15) is 0 Å². The Kier molecular flexibility index (Phi) is 9.53. The monoisotopic (exact) mass is 495 g/mol. The second-order valence-electron chi connectivity index (χ2n) is 10.8. The maximum Gasteiger partial charge on any atom is 0.109 e. The minimum atomic E-state index is -0.341. The Morgan fingerprint density at radius 3 is 2.67 bits per heavy atom. The predicted octanol–water partition coefficient (Wildman–Crippen LogP) is 3.97. The van der Waals surface area contributed by atoms with Crippen LogP contribution >= 0.6 is 23.2 Å². The highest BCUT2D eigenvalue weighted by Gasteiger charge is 2.57. The van der Waals surface area contributed by atoms with Crippen LogP contribution in [0.4, 0.5) is 0 Å². The second-order valence-corrected chi connectivity index (χ2v) is 11.9. The Hall–Kier alpha value is -0.820. The lowest BCUT2D eigenvalue weighted by atomic mass is 9.72. The van der Waals surface area contributed by atoms with Gasteiger partial charge in [-0.1, -0.05) is 56.7 Å². The molecule has 0 radical (unpaired) electrons. The van der Waals surface area contributed by atoms with Crippen LogP contribution in [0.1, 0.15) is 46.5 Å². The Morgan fingerprint density at radius 1 is 1.27 bits per heavy atom. The molecule has 186 valence electrons. The summed E-state index contributed by atoms with van der Waals surface area (Å²) in [5.41, 5.74) is 6.69. The summed E-state index contributed by atoms with van der Waals surface area (Å²) in [5.74, 6) is 0.595. The van der Waals surface area contributed by atoms with Gasteiger partial charge in [0.2, 0.25) is 0 Å². The first-order valence-electron chi connectivity index (χ1n) is 12.4. The lowest BCUT2D eigenvalue weighted by Gasteiger charge is -2.46. The van der Waals surface area contributed by atoms with E-state index in [1.54, 1.807) is 0 Å². The molecule has 0 aromatic rings. The van der Waals surface area contributed by atoms with E-state index in [1.807, 2.05) is 6.08 Å². The van der Waals surface area contributed by atoms with Crippen molar-refractivity contribution < 1.29 is 0 Å². The molecule has 0 saturated carbocycles. The molecule has 0 bridgehead atoms. The third kappa shape index (κ3) is 6.87. The first-order chi connectivity index (χ1) is 15.7. The van der Waals surface area contributed by atoms with Crippen LogP contribution in [0.15, 0.2) is 47.2 Å². The van der Waals surface area contributed by atoms with E-state index >= 15 is 0 Å². The molecule has 2 aliphatic carbocycles. The summed E-state index contributed by atoms with van der Waals surface area (Å²) in [6.45, 7) is 9.47. The third-order valence-electron chi connectivity index (χ3n) is 7.00. The molecule has 0 aromatic carbocycles. The van der Waals surface area contributed by atoms with Crippen LogP contribution in [0.2, 0.25) is 0 Å². The molecule has 5 nitrogen and oxygen atoms in total. The molecule has 7 heteroatoms. The molecule has 1 aliphatic heterocycles. The minimum absolute atomic E-state index is 0.0636. The second kappa shape index (κ2) is 11.7. The largest absolute Gasteiger partial charge is 0.366 e. The van der Waals surface area contributed by atoms with E-state index in [0.717, 1.165) is 49.5 Å². The highest BCUT2D eigenvalue weighted by molar-refractivity contribution is 6.29. The fourth-order valence-electron chi connectivity index (χ4n) is 5.59. The fraction of sp³-hybridized carbons (Fsp3) is 0.692. The maximum atomic E-state index is 6.55.